The lowest BCUT2D eigenvalue weighted by Crippen LogP contribution is -2.43. The van der Waals surface area contributed by atoms with Crippen LogP contribution in [-0.4, -0.2) is 25.0 Å². The highest BCUT2D eigenvalue weighted by Crippen LogP contribution is 2.04. The third-order valence-corrected chi connectivity index (χ3v) is 1.41. The molecule has 1 rings (SSSR count). The van der Waals surface area contributed by atoms with Gasteiger partial charge in [0.2, 0.25) is 5.91 Å². The standard InChI is InChI=1S/C6H10N2O2/c1-10-6-3-4(7)2-5(9)8-6/h6-7H,2-3H2,1H3,(H,8,9). The van der Waals surface area contributed by atoms with Crippen LogP contribution in [0.2, 0.25) is 0 Å². The Morgan fingerprint density at radius 3 is 3.00 bits per heavy atom. The fourth-order valence-electron chi connectivity index (χ4n) is 0.914. The number of piperidine rings is 1. The zero-order valence-electron chi connectivity index (χ0n) is 5.81. The fourth-order valence-corrected chi connectivity index (χ4v) is 0.914. The van der Waals surface area contributed by atoms with Crippen LogP contribution in [0.5, 0.6) is 0 Å². The minimum atomic E-state index is -0.284. The van der Waals surface area contributed by atoms with Crippen molar-refractivity contribution in [3.63, 3.8) is 0 Å². The third-order valence-electron chi connectivity index (χ3n) is 1.41. The van der Waals surface area contributed by atoms with Gasteiger partial charge in [-0.15, -0.1) is 0 Å². The lowest BCUT2D eigenvalue weighted by atomic mass is 10.1. The normalized spacial score (nSPS) is 26.3. The first-order valence-electron chi connectivity index (χ1n) is 3.11. The number of rotatable bonds is 1. The van der Waals surface area contributed by atoms with Crippen molar-refractivity contribution in [1.82, 2.24) is 5.32 Å². The Morgan fingerprint density at radius 2 is 2.50 bits per heavy atom. The molecule has 0 aliphatic carbocycles. The Morgan fingerprint density at radius 1 is 1.80 bits per heavy atom. The van der Waals surface area contributed by atoms with Gasteiger partial charge in [-0.1, -0.05) is 0 Å². The first-order chi connectivity index (χ1) is 4.72. The van der Waals surface area contributed by atoms with E-state index in [9.17, 15) is 4.79 Å². The number of methoxy groups -OCH3 is 1. The van der Waals surface area contributed by atoms with Gasteiger partial charge in [0.25, 0.3) is 0 Å². The first kappa shape index (κ1) is 7.21. The molecule has 1 saturated heterocycles. The van der Waals surface area contributed by atoms with Crippen LogP contribution in [0.1, 0.15) is 12.8 Å². The van der Waals surface area contributed by atoms with E-state index in [4.69, 9.17) is 10.1 Å². The van der Waals surface area contributed by atoms with E-state index in [1.54, 1.807) is 0 Å². The molecule has 0 radical (unpaired) electrons. The van der Waals surface area contributed by atoms with E-state index in [0.717, 1.165) is 0 Å². The number of nitrogens with one attached hydrogen (secondary N) is 2. The van der Waals surface area contributed by atoms with E-state index in [2.05, 4.69) is 5.32 Å². The van der Waals surface area contributed by atoms with E-state index in [0.29, 0.717) is 12.1 Å². The molecule has 4 nitrogen and oxygen atoms in total. The highest BCUT2D eigenvalue weighted by Gasteiger charge is 2.20. The molecule has 1 fully saturated rings. The predicted octanol–water partition coefficient (Wildman–Crippen LogP) is -0.111. The van der Waals surface area contributed by atoms with Gasteiger partial charge in [-0.05, 0) is 0 Å². The van der Waals surface area contributed by atoms with E-state index in [-0.39, 0.29) is 18.6 Å². The van der Waals surface area contributed by atoms with Gasteiger partial charge < -0.3 is 15.5 Å². The molecule has 56 valence electrons. The number of ether oxygens (including phenoxy) is 1. The molecule has 1 heterocycles. The summed E-state index contributed by atoms with van der Waals surface area (Å²) < 4.78 is 4.86. The summed E-state index contributed by atoms with van der Waals surface area (Å²) in [5.41, 5.74) is 0.440. The molecule has 1 amide bonds. The Kier molecular flexibility index (Phi) is 2.01. The number of amides is 1. The maximum absolute atomic E-state index is 10.7. The van der Waals surface area contributed by atoms with Gasteiger partial charge in [-0.3, -0.25) is 4.79 Å². The number of carbonyl (C=O) groups is 1. The van der Waals surface area contributed by atoms with Crippen molar-refractivity contribution in [1.29, 1.82) is 5.41 Å². The van der Waals surface area contributed by atoms with Gasteiger partial charge in [-0.2, -0.15) is 0 Å². The summed E-state index contributed by atoms with van der Waals surface area (Å²) in [6.45, 7) is 0. The molecule has 0 aromatic carbocycles. The average molecular weight is 142 g/mol. The molecule has 0 bridgehead atoms. The molecule has 2 N–H and O–H groups in total. The quantitative estimate of drug-likeness (QED) is 0.536. The fraction of sp³-hybridized carbons (Fsp3) is 0.667. The van der Waals surface area contributed by atoms with Gasteiger partial charge in [0.1, 0.15) is 6.23 Å². The summed E-state index contributed by atoms with van der Waals surface area (Å²) in [6.07, 6.45) is 0.455. The molecule has 1 aliphatic rings. The van der Waals surface area contributed by atoms with Crippen molar-refractivity contribution in [2.24, 2.45) is 0 Å². The largest absolute Gasteiger partial charge is 0.361 e. The van der Waals surface area contributed by atoms with Crippen molar-refractivity contribution >= 4 is 11.6 Å². The predicted molar refractivity (Wildman–Crippen MR) is 35.9 cm³/mol. The molecule has 1 atom stereocenters. The zero-order valence-corrected chi connectivity index (χ0v) is 5.81. The van der Waals surface area contributed by atoms with Gasteiger partial charge >= 0.3 is 0 Å². The van der Waals surface area contributed by atoms with E-state index in [1.807, 2.05) is 0 Å². The maximum atomic E-state index is 10.7. The minimum Gasteiger partial charge on any atom is -0.361 e. The second kappa shape index (κ2) is 2.79. The van der Waals surface area contributed by atoms with E-state index < -0.39 is 0 Å². The summed E-state index contributed by atoms with van der Waals surface area (Å²) in [4.78, 5) is 10.7. The second-order valence-electron chi connectivity index (χ2n) is 2.28. The van der Waals surface area contributed by atoms with Gasteiger partial charge in [-0.25, -0.2) is 0 Å². The summed E-state index contributed by atoms with van der Waals surface area (Å²) in [7, 11) is 1.52. The molecule has 1 unspecified atom stereocenters. The van der Waals surface area contributed by atoms with Crippen LogP contribution in [0.15, 0.2) is 0 Å². The van der Waals surface area contributed by atoms with Crippen molar-refractivity contribution in [2.75, 3.05) is 7.11 Å². The van der Waals surface area contributed by atoms with Crippen molar-refractivity contribution in [3.8, 4) is 0 Å². The van der Waals surface area contributed by atoms with Crippen LogP contribution in [0.4, 0.5) is 0 Å². The van der Waals surface area contributed by atoms with E-state index >= 15 is 0 Å². The molecular weight excluding hydrogens is 132 g/mol. The Bertz CT molecular complexity index is 151. The highest BCUT2D eigenvalue weighted by molar-refractivity contribution is 6.01. The zero-order chi connectivity index (χ0) is 7.56. The van der Waals surface area contributed by atoms with Gasteiger partial charge in [0, 0.05) is 19.2 Å². The summed E-state index contributed by atoms with van der Waals surface area (Å²) in [6, 6.07) is 0. The Hall–Kier alpha value is -0.900. The summed E-state index contributed by atoms with van der Waals surface area (Å²) in [5, 5.41) is 9.81. The molecule has 10 heavy (non-hydrogen) atoms. The van der Waals surface area contributed by atoms with Crippen molar-refractivity contribution in [2.45, 2.75) is 19.1 Å². The minimum absolute atomic E-state index is 0.122. The van der Waals surface area contributed by atoms with Crippen LogP contribution in [0, 0.1) is 5.41 Å². The summed E-state index contributed by atoms with van der Waals surface area (Å²) >= 11 is 0. The van der Waals surface area contributed by atoms with E-state index in [1.165, 1.54) is 7.11 Å². The van der Waals surface area contributed by atoms with Crippen LogP contribution in [0.3, 0.4) is 0 Å². The monoisotopic (exact) mass is 142 g/mol. The van der Waals surface area contributed by atoms with Gasteiger partial charge in [0.15, 0.2) is 0 Å². The topological polar surface area (TPSA) is 62.2 Å². The Balaban J connectivity index is 2.50. The third kappa shape index (κ3) is 1.54. The molecule has 4 heteroatoms. The van der Waals surface area contributed by atoms with Crippen molar-refractivity contribution < 1.29 is 9.53 Å². The smallest absolute Gasteiger partial charge is 0.227 e. The number of hydrogen-bond donors (Lipinski definition) is 2. The van der Waals surface area contributed by atoms with Crippen molar-refractivity contribution in [3.05, 3.63) is 0 Å². The molecule has 0 aromatic heterocycles. The first-order valence-corrected chi connectivity index (χ1v) is 3.11. The lowest BCUT2D eigenvalue weighted by molar-refractivity contribution is -0.124. The van der Waals surface area contributed by atoms with Crippen LogP contribution in [0.25, 0.3) is 0 Å². The number of carbonyl (C=O) groups excluding carboxylic acids is 1. The molecule has 0 aromatic rings. The molecule has 0 spiro atoms. The highest BCUT2D eigenvalue weighted by atomic mass is 16.5. The molecule has 1 aliphatic heterocycles. The lowest BCUT2D eigenvalue weighted by Gasteiger charge is -2.21. The van der Waals surface area contributed by atoms with Crippen LogP contribution in [-0.2, 0) is 9.53 Å². The molecule has 0 saturated carbocycles. The number of hydrogen-bond acceptors (Lipinski definition) is 3. The van der Waals surface area contributed by atoms with Crippen LogP contribution < -0.4 is 5.32 Å². The average Bonchev–Trinajstić information content (AvgIpc) is 1.85. The maximum Gasteiger partial charge on any atom is 0.227 e. The summed E-state index contributed by atoms with van der Waals surface area (Å²) in [5.74, 6) is -0.122. The molecular formula is C6H10N2O2. The van der Waals surface area contributed by atoms with Crippen LogP contribution >= 0.6 is 0 Å². The second-order valence-corrected chi connectivity index (χ2v) is 2.28. The van der Waals surface area contributed by atoms with Gasteiger partial charge in [0.05, 0.1) is 6.42 Å². The SMILES string of the molecule is COC1CC(=N)CC(=O)N1. The Labute approximate surface area is 59.1 Å².